The van der Waals surface area contributed by atoms with Gasteiger partial charge in [0.2, 0.25) is 0 Å². The fourth-order valence-electron chi connectivity index (χ4n) is 1.87. The molecule has 21 heavy (non-hydrogen) atoms. The van der Waals surface area contributed by atoms with E-state index in [1.54, 1.807) is 17.0 Å². The van der Waals surface area contributed by atoms with Crippen molar-refractivity contribution in [2.75, 3.05) is 38.2 Å². The quantitative estimate of drug-likeness (QED) is 0.562. The lowest BCUT2D eigenvalue weighted by atomic mass is 10.2. The number of aromatic nitrogens is 1. The number of ether oxygens (including phenoxy) is 1. The van der Waals surface area contributed by atoms with E-state index < -0.39 is 0 Å². The van der Waals surface area contributed by atoms with Gasteiger partial charge in [0.15, 0.2) is 0 Å². The Morgan fingerprint density at radius 3 is 2.76 bits per heavy atom. The Hall–Kier alpha value is -1.33. The SMILES string of the molecule is CCCNc1cc(C(=O)N(CC)CCOCC)cc(Cl)n1. The third-order valence-corrected chi connectivity index (χ3v) is 3.17. The molecule has 0 aliphatic carbocycles. The lowest BCUT2D eigenvalue weighted by Crippen LogP contribution is -2.34. The third-order valence-electron chi connectivity index (χ3n) is 2.98. The maximum Gasteiger partial charge on any atom is 0.254 e. The smallest absolute Gasteiger partial charge is 0.254 e. The molecular formula is C15H24ClN3O2. The van der Waals surface area contributed by atoms with Crippen molar-refractivity contribution in [2.24, 2.45) is 0 Å². The van der Waals surface area contributed by atoms with Crippen molar-refractivity contribution >= 4 is 23.3 Å². The normalized spacial score (nSPS) is 10.5. The minimum absolute atomic E-state index is 0.0546. The van der Waals surface area contributed by atoms with Crippen LogP contribution < -0.4 is 5.32 Å². The molecule has 6 heteroatoms. The van der Waals surface area contributed by atoms with Gasteiger partial charge in [0.25, 0.3) is 5.91 Å². The van der Waals surface area contributed by atoms with Crippen LogP contribution in [0.5, 0.6) is 0 Å². The predicted octanol–water partition coefficient (Wildman–Crippen LogP) is 3.06. The van der Waals surface area contributed by atoms with Crippen molar-refractivity contribution in [3.8, 4) is 0 Å². The highest BCUT2D eigenvalue weighted by Gasteiger charge is 2.15. The van der Waals surface area contributed by atoms with Gasteiger partial charge in [-0.25, -0.2) is 4.98 Å². The topological polar surface area (TPSA) is 54.5 Å². The highest BCUT2D eigenvalue weighted by atomic mass is 35.5. The molecule has 0 aromatic carbocycles. The fourth-order valence-corrected chi connectivity index (χ4v) is 2.08. The number of nitrogens with zero attached hydrogens (tertiary/aromatic N) is 2. The summed E-state index contributed by atoms with van der Waals surface area (Å²) in [5.41, 5.74) is 0.548. The van der Waals surface area contributed by atoms with Gasteiger partial charge in [-0.05, 0) is 32.4 Å². The summed E-state index contributed by atoms with van der Waals surface area (Å²) in [7, 11) is 0. The summed E-state index contributed by atoms with van der Waals surface area (Å²) in [6.07, 6.45) is 0.979. The zero-order valence-corrected chi connectivity index (χ0v) is 13.7. The Labute approximate surface area is 131 Å². The lowest BCUT2D eigenvalue weighted by molar-refractivity contribution is 0.0669. The second-order valence-electron chi connectivity index (χ2n) is 4.57. The maximum atomic E-state index is 12.5. The monoisotopic (exact) mass is 313 g/mol. The summed E-state index contributed by atoms with van der Waals surface area (Å²) < 4.78 is 5.31. The number of likely N-dealkylation sites (N-methyl/N-ethyl adjacent to an activating group) is 1. The van der Waals surface area contributed by atoms with Gasteiger partial charge in [-0.2, -0.15) is 0 Å². The first kappa shape index (κ1) is 17.7. The van der Waals surface area contributed by atoms with Crippen LogP contribution in [0.25, 0.3) is 0 Å². The van der Waals surface area contributed by atoms with Crippen LogP contribution in [-0.4, -0.2) is 48.6 Å². The van der Waals surface area contributed by atoms with Crippen LogP contribution in [0.3, 0.4) is 0 Å². The molecular weight excluding hydrogens is 290 g/mol. The van der Waals surface area contributed by atoms with Gasteiger partial charge < -0.3 is 15.0 Å². The Morgan fingerprint density at radius 2 is 2.14 bits per heavy atom. The van der Waals surface area contributed by atoms with E-state index in [-0.39, 0.29) is 5.91 Å². The molecule has 0 bridgehead atoms. The van der Waals surface area contributed by atoms with Crippen molar-refractivity contribution in [1.29, 1.82) is 0 Å². The molecule has 0 fully saturated rings. The van der Waals surface area contributed by atoms with E-state index in [1.807, 2.05) is 13.8 Å². The number of hydrogen-bond acceptors (Lipinski definition) is 4. The Bertz CT molecular complexity index is 455. The summed E-state index contributed by atoms with van der Waals surface area (Å²) in [5.74, 6) is 0.578. The molecule has 1 N–H and O–H groups in total. The Morgan fingerprint density at radius 1 is 1.38 bits per heavy atom. The molecule has 0 spiro atoms. The zero-order valence-electron chi connectivity index (χ0n) is 13.0. The molecule has 5 nitrogen and oxygen atoms in total. The van der Waals surface area contributed by atoms with Gasteiger partial charge in [0, 0.05) is 31.8 Å². The number of carbonyl (C=O) groups excluding carboxylic acids is 1. The number of nitrogens with one attached hydrogen (secondary N) is 1. The summed E-state index contributed by atoms with van der Waals surface area (Å²) >= 11 is 6.00. The molecule has 0 saturated heterocycles. The van der Waals surface area contributed by atoms with Gasteiger partial charge in [-0.15, -0.1) is 0 Å². The van der Waals surface area contributed by atoms with Crippen LogP contribution in [0, 0.1) is 0 Å². The van der Waals surface area contributed by atoms with Crippen LogP contribution in [0.1, 0.15) is 37.6 Å². The minimum Gasteiger partial charge on any atom is -0.380 e. The molecule has 0 unspecified atom stereocenters. The highest BCUT2D eigenvalue weighted by molar-refractivity contribution is 6.29. The molecule has 1 aromatic heterocycles. The van der Waals surface area contributed by atoms with E-state index in [9.17, 15) is 4.79 Å². The first-order valence-electron chi connectivity index (χ1n) is 7.40. The van der Waals surface area contributed by atoms with Crippen LogP contribution in [-0.2, 0) is 4.74 Å². The van der Waals surface area contributed by atoms with Crippen LogP contribution in [0.2, 0.25) is 5.15 Å². The third kappa shape index (κ3) is 5.89. The summed E-state index contributed by atoms with van der Waals surface area (Å²) in [6, 6.07) is 3.34. The molecule has 0 saturated carbocycles. The predicted molar refractivity (Wildman–Crippen MR) is 86.1 cm³/mol. The molecule has 1 heterocycles. The van der Waals surface area contributed by atoms with Crippen molar-refractivity contribution < 1.29 is 9.53 Å². The van der Waals surface area contributed by atoms with E-state index >= 15 is 0 Å². The van der Waals surface area contributed by atoms with Crippen molar-refractivity contribution in [3.05, 3.63) is 22.8 Å². The first-order valence-corrected chi connectivity index (χ1v) is 7.78. The Kier molecular flexibility index (Phi) is 8.08. The fraction of sp³-hybridized carbons (Fsp3) is 0.600. The first-order chi connectivity index (χ1) is 10.1. The largest absolute Gasteiger partial charge is 0.380 e. The molecule has 0 aliphatic heterocycles. The number of hydrogen-bond donors (Lipinski definition) is 1. The molecule has 0 atom stereocenters. The molecule has 118 valence electrons. The number of halogens is 1. The summed E-state index contributed by atoms with van der Waals surface area (Å²) in [6.45, 7) is 9.13. The number of rotatable bonds is 9. The molecule has 1 aromatic rings. The van der Waals surface area contributed by atoms with Crippen molar-refractivity contribution in [1.82, 2.24) is 9.88 Å². The zero-order chi connectivity index (χ0) is 15.7. The van der Waals surface area contributed by atoms with E-state index in [2.05, 4.69) is 17.2 Å². The number of pyridine rings is 1. The summed E-state index contributed by atoms with van der Waals surface area (Å²) in [5, 5.41) is 3.47. The highest BCUT2D eigenvalue weighted by Crippen LogP contribution is 2.16. The second kappa shape index (κ2) is 9.58. The molecule has 1 rings (SSSR count). The second-order valence-corrected chi connectivity index (χ2v) is 4.96. The average molecular weight is 314 g/mol. The lowest BCUT2D eigenvalue weighted by Gasteiger charge is -2.21. The minimum atomic E-state index is -0.0546. The molecule has 0 aliphatic rings. The van der Waals surface area contributed by atoms with Gasteiger partial charge in [-0.1, -0.05) is 18.5 Å². The van der Waals surface area contributed by atoms with Gasteiger partial charge >= 0.3 is 0 Å². The van der Waals surface area contributed by atoms with Gasteiger partial charge in [-0.3, -0.25) is 4.79 Å². The van der Waals surface area contributed by atoms with Gasteiger partial charge in [0.1, 0.15) is 11.0 Å². The molecule has 1 amide bonds. The van der Waals surface area contributed by atoms with Gasteiger partial charge in [0.05, 0.1) is 6.61 Å². The van der Waals surface area contributed by atoms with E-state index in [1.165, 1.54) is 0 Å². The standard InChI is InChI=1S/C15H24ClN3O2/c1-4-7-17-14-11-12(10-13(16)18-14)15(20)19(5-2)8-9-21-6-3/h10-11H,4-9H2,1-3H3,(H,17,18). The molecule has 0 radical (unpaired) electrons. The van der Waals surface area contributed by atoms with Crippen LogP contribution in [0.15, 0.2) is 12.1 Å². The van der Waals surface area contributed by atoms with E-state index in [4.69, 9.17) is 16.3 Å². The Balaban J connectivity index is 2.81. The van der Waals surface area contributed by atoms with E-state index in [0.717, 1.165) is 13.0 Å². The summed E-state index contributed by atoms with van der Waals surface area (Å²) in [4.78, 5) is 18.4. The van der Waals surface area contributed by atoms with Crippen LogP contribution >= 0.6 is 11.6 Å². The average Bonchev–Trinajstić information content (AvgIpc) is 2.48. The van der Waals surface area contributed by atoms with Crippen molar-refractivity contribution in [2.45, 2.75) is 27.2 Å². The number of anilines is 1. The van der Waals surface area contributed by atoms with Crippen LogP contribution in [0.4, 0.5) is 5.82 Å². The number of amides is 1. The van der Waals surface area contributed by atoms with Crippen molar-refractivity contribution in [3.63, 3.8) is 0 Å². The number of carbonyl (C=O) groups is 1. The van der Waals surface area contributed by atoms with E-state index in [0.29, 0.717) is 42.8 Å². The maximum absolute atomic E-state index is 12.5.